The zero-order valence-corrected chi connectivity index (χ0v) is 12.6. The summed E-state index contributed by atoms with van der Waals surface area (Å²) in [5.41, 5.74) is 0. The second-order valence-electron chi connectivity index (χ2n) is 5.50. The SMILES string of the molecule is O=C(NCCCOc1ccc(F)cc1)N1CCC(CO)CC1. The van der Waals surface area contributed by atoms with Crippen LogP contribution in [0.3, 0.4) is 0 Å². The fraction of sp³-hybridized carbons (Fsp3) is 0.562. The Morgan fingerprint density at radius 2 is 2.00 bits per heavy atom. The van der Waals surface area contributed by atoms with Crippen molar-refractivity contribution in [2.75, 3.05) is 32.8 Å². The number of benzene rings is 1. The van der Waals surface area contributed by atoms with Crippen molar-refractivity contribution in [3.63, 3.8) is 0 Å². The maximum atomic E-state index is 12.7. The first-order valence-corrected chi connectivity index (χ1v) is 7.71. The quantitative estimate of drug-likeness (QED) is 0.790. The Labute approximate surface area is 130 Å². The van der Waals surface area contributed by atoms with E-state index in [1.807, 2.05) is 0 Å². The Morgan fingerprint density at radius 1 is 1.32 bits per heavy atom. The van der Waals surface area contributed by atoms with Crippen molar-refractivity contribution in [3.8, 4) is 5.75 Å². The van der Waals surface area contributed by atoms with Gasteiger partial charge < -0.3 is 20.1 Å². The first kappa shape index (κ1) is 16.5. The van der Waals surface area contributed by atoms with E-state index < -0.39 is 0 Å². The van der Waals surface area contributed by atoms with Crippen molar-refractivity contribution in [1.82, 2.24) is 10.2 Å². The van der Waals surface area contributed by atoms with Crippen molar-refractivity contribution in [3.05, 3.63) is 30.1 Å². The van der Waals surface area contributed by atoms with Gasteiger partial charge in [-0.25, -0.2) is 9.18 Å². The summed E-state index contributed by atoms with van der Waals surface area (Å²) in [6, 6.07) is 5.82. The lowest BCUT2D eigenvalue weighted by molar-refractivity contribution is 0.137. The Morgan fingerprint density at radius 3 is 2.64 bits per heavy atom. The Balaban J connectivity index is 1.56. The number of hydrogen-bond acceptors (Lipinski definition) is 3. The number of rotatable bonds is 6. The van der Waals surface area contributed by atoms with E-state index >= 15 is 0 Å². The van der Waals surface area contributed by atoms with Crippen LogP contribution in [-0.2, 0) is 0 Å². The smallest absolute Gasteiger partial charge is 0.317 e. The van der Waals surface area contributed by atoms with Crippen molar-refractivity contribution in [2.45, 2.75) is 19.3 Å². The second kappa shape index (κ2) is 8.58. The number of ether oxygens (including phenoxy) is 1. The molecule has 0 atom stereocenters. The molecule has 1 heterocycles. The standard InChI is InChI=1S/C16H23FN2O3/c17-14-2-4-15(5-3-14)22-11-1-8-18-16(21)19-9-6-13(12-20)7-10-19/h2-5,13,20H,1,6-12H2,(H,18,21). The van der Waals surface area contributed by atoms with Crippen LogP contribution in [0, 0.1) is 11.7 Å². The molecule has 0 aliphatic carbocycles. The summed E-state index contributed by atoms with van der Waals surface area (Å²) in [4.78, 5) is 13.7. The van der Waals surface area contributed by atoms with Gasteiger partial charge in [-0.2, -0.15) is 0 Å². The minimum atomic E-state index is -0.287. The highest BCUT2D eigenvalue weighted by molar-refractivity contribution is 5.74. The summed E-state index contributed by atoms with van der Waals surface area (Å²) < 4.78 is 18.2. The van der Waals surface area contributed by atoms with Crippen LogP contribution in [0.4, 0.5) is 9.18 Å². The molecule has 5 nitrogen and oxygen atoms in total. The molecular formula is C16H23FN2O3. The maximum Gasteiger partial charge on any atom is 0.317 e. The number of halogens is 1. The zero-order chi connectivity index (χ0) is 15.8. The van der Waals surface area contributed by atoms with Gasteiger partial charge in [0, 0.05) is 26.2 Å². The minimum Gasteiger partial charge on any atom is -0.494 e. The van der Waals surface area contributed by atoms with Crippen LogP contribution in [0.15, 0.2) is 24.3 Å². The van der Waals surface area contributed by atoms with Gasteiger partial charge in [-0.05, 0) is 49.4 Å². The average Bonchev–Trinajstić information content (AvgIpc) is 2.56. The molecule has 0 radical (unpaired) electrons. The van der Waals surface area contributed by atoms with E-state index in [4.69, 9.17) is 9.84 Å². The van der Waals surface area contributed by atoms with Gasteiger partial charge in [-0.1, -0.05) is 0 Å². The number of nitrogens with one attached hydrogen (secondary N) is 1. The summed E-state index contributed by atoms with van der Waals surface area (Å²) in [6.45, 7) is 2.61. The molecule has 1 aliphatic rings. The van der Waals surface area contributed by atoms with E-state index in [2.05, 4.69) is 5.32 Å². The molecule has 0 spiro atoms. The van der Waals surface area contributed by atoms with Crippen LogP contribution in [0.1, 0.15) is 19.3 Å². The third-order valence-corrected chi connectivity index (χ3v) is 3.84. The number of amides is 2. The molecule has 6 heteroatoms. The predicted molar refractivity (Wildman–Crippen MR) is 81.3 cm³/mol. The maximum absolute atomic E-state index is 12.7. The van der Waals surface area contributed by atoms with Crippen molar-refractivity contribution < 1.29 is 19.0 Å². The highest BCUT2D eigenvalue weighted by Gasteiger charge is 2.21. The summed E-state index contributed by atoms with van der Waals surface area (Å²) >= 11 is 0. The molecule has 0 bridgehead atoms. The van der Waals surface area contributed by atoms with E-state index in [-0.39, 0.29) is 18.5 Å². The summed E-state index contributed by atoms with van der Waals surface area (Å²) in [6.07, 6.45) is 2.41. The van der Waals surface area contributed by atoms with Gasteiger partial charge in [0.05, 0.1) is 6.61 Å². The van der Waals surface area contributed by atoms with Gasteiger partial charge in [0.1, 0.15) is 11.6 Å². The van der Waals surface area contributed by atoms with Crippen molar-refractivity contribution in [2.24, 2.45) is 5.92 Å². The van der Waals surface area contributed by atoms with Crippen LogP contribution in [0.25, 0.3) is 0 Å². The lowest BCUT2D eigenvalue weighted by atomic mass is 9.98. The van der Waals surface area contributed by atoms with Crippen LogP contribution in [0.2, 0.25) is 0 Å². The van der Waals surface area contributed by atoms with Crippen molar-refractivity contribution >= 4 is 6.03 Å². The van der Waals surface area contributed by atoms with Gasteiger partial charge in [-0.15, -0.1) is 0 Å². The lowest BCUT2D eigenvalue weighted by Gasteiger charge is -2.31. The molecule has 0 unspecified atom stereocenters. The molecule has 1 aromatic carbocycles. The molecular weight excluding hydrogens is 287 g/mol. The molecule has 22 heavy (non-hydrogen) atoms. The molecule has 2 amide bonds. The van der Waals surface area contributed by atoms with E-state index in [0.717, 1.165) is 12.8 Å². The molecule has 1 aliphatic heterocycles. The Hall–Kier alpha value is -1.82. The summed E-state index contributed by atoms with van der Waals surface area (Å²) in [5, 5.41) is 11.9. The topological polar surface area (TPSA) is 61.8 Å². The third-order valence-electron chi connectivity index (χ3n) is 3.84. The zero-order valence-electron chi connectivity index (χ0n) is 12.6. The number of piperidine rings is 1. The average molecular weight is 310 g/mol. The third kappa shape index (κ3) is 5.18. The first-order valence-electron chi connectivity index (χ1n) is 7.71. The van der Waals surface area contributed by atoms with Gasteiger partial charge in [0.25, 0.3) is 0 Å². The molecule has 122 valence electrons. The number of hydrogen-bond donors (Lipinski definition) is 2. The van der Waals surface area contributed by atoms with E-state index in [0.29, 0.717) is 44.3 Å². The highest BCUT2D eigenvalue weighted by atomic mass is 19.1. The lowest BCUT2D eigenvalue weighted by Crippen LogP contribution is -2.45. The monoisotopic (exact) mass is 310 g/mol. The van der Waals surface area contributed by atoms with Gasteiger partial charge >= 0.3 is 6.03 Å². The molecule has 0 saturated carbocycles. The van der Waals surface area contributed by atoms with Gasteiger partial charge in [-0.3, -0.25) is 0 Å². The number of nitrogens with zero attached hydrogens (tertiary/aromatic N) is 1. The van der Waals surface area contributed by atoms with Crippen LogP contribution >= 0.6 is 0 Å². The van der Waals surface area contributed by atoms with E-state index in [1.54, 1.807) is 17.0 Å². The molecule has 1 aromatic rings. The van der Waals surface area contributed by atoms with Gasteiger partial charge in [0.2, 0.25) is 0 Å². The first-order chi connectivity index (χ1) is 10.7. The minimum absolute atomic E-state index is 0.0572. The number of aliphatic hydroxyl groups is 1. The normalized spacial score (nSPS) is 15.6. The summed E-state index contributed by atoms with van der Waals surface area (Å²) in [7, 11) is 0. The largest absolute Gasteiger partial charge is 0.494 e. The number of aliphatic hydroxyl groups excluding tert-OH is 1. The second-order valence-corrected chi connectivity index (χ2v) is 5.50. The number of urea groups is 1. The van der Waals surface area contributed by atoms with E-state index in [1.165, 1.54) is 12.1 Å². The van der Waals surface area contributed by atoms with Crippen molar-refractivity contribution in [1.29, 1.82) is 0 Å². The molecule has 1 saturated heterocycles. The Kier molecular flexibility index (Phi) is 6.45. The molecule has 1 fully saturated rings. The Bertz CT molecular complexity index is 459. The predicted octanol–water partition coefficient (Wildman–Crippen LogP) is 2.01. The highest BCUT2D eigenvalue weighted by Crippen LogP contribution is 2.16. The number of likely N-dealkylation sites (tertiary alicyclic amines) is 1. The fourth-order valence-corrected chi connectivity index (χ4v) is 2.42. The molecule has 0 aromatic heterocycles. The molecule has 2 rings (SSSR count). The van der Waals surface area contributed by atoms with E-state index in [9.17, 15) is 9.18 Å². The molecule has 2 N–H and O–H groups in total. The van der Waals surface area contributed by atoms with Gasteiger partial charge in [0.15, 0.2) is 0 Å². The van der Waals surface area contributed by atoms with Crippen LogP contribution in [-0.4, -0.2) is 48.9 Å². The van der Waals surface area contributed by atoms with Crippen LogP contribution < -0.4 is 10.1 Å². The number of carbonyl (C=O) groups is 1. The fourth-order valence-electron chi connectivity index (χ4n) is 2.42. The van der Waals surface area contributed by atoms with Crippen LogP contribution in [0.5, 0.6) is 5.75 Å². The summed E-state index contributed by atoms with van der Waals surface area (Å²) in [5.74, 6) is 0.663. The number of carbonyl (C=O) groups excluding carboxylic acids is 1.